The van der Waals surface area contributed by atoms with Crippen molar-refractivity contribution >= 4 is 22.8 Å². The van der Waals surface area contributed by atoms with Gasteiger partial charge < -0.3 is 14.5 Å². The molecule has 1 aromatic carbocycles. The van der Waals surface area contributed by atoms with Crippen LogP contribution < -0.4 is 5.32 Å². The summed E-state index contributed by atoms with van der Waals surface area (Å²) in [5.41, 5.74) is 1.09. The number of nitrogens with one attached hydrogen (secondary N) is 1. The molecule has 0 fully saturated rings. The Morgan fingerprint density at radius 1 is 1.24 bits per heavy atom. The summed E-state index contributed by atoms with van der Waals surface area (Å²) in [4.78, 5) is 26.2. The summed E-state index contributed by atoms with van der Waals surface area (Å²) < 4.78 is 10.8. The number of rotatable bonds is 6. The molecule has 0 atom stereocenters. The average Bonchev–Trinajstić information content (AvgIpc) is 2.84. The van der Waals surface area contributed by atoms with Crippen molar-refractivity contribution in [2.75, 3.05) is 20.2 Å². The minimum absolute atomic E-state index is 0.0690. The third kappa shape index (κ3) is 5.06. The Morgan fingerprint density at radius 2 is 1.92 bits per heavy atom. The molecule has 0 aliphatic heterocycles. The molecule has 0 aliphatic carbocycles. The second-order valence-electron chi connectivity index (χ2n) is 7.10. The molecule has 6 nitrogen and oxygen atoms in total. The molecule has 0 spiro atoms. The highest BCUT2D eigenvalue weighted by Gasteiger charge is 2.23. The fraction of sp³-hybridized carbons (Fsp3) is 0.474. The quantitative estimate of drug-likeness (QED) is 0.814. The summed E-state index contributed by atoms with van der Waals surface area (Å²) in [6, 6.07) is 7.46. The number of amides is 1. The smallest absolute Gasteiger partial charge is 0.374 e. The Morgan fingerprint density at radius 3 is 2.56 bits per heavy atom. The Labute approximate surface area is 148 Å². The van der Waals surface area contributed by atoms with Crippen LogP contribution in [-0.4, -0.2) is 42.5 Å². The first-order valence-corrected chi connectivity index (χ1v) is 8.38. The predicted octanol–water partition coefficient (Wildman–Crippen LogP) is 2.96. The first-order chi connectivity index (χ1) is 11.7. The number of esters is 1. The van der Waals surface area contributed by atoms with Gasteiger partial charge in [0.1, 0.15) is 5.58 Å². The number of hydrogen-bond donors (Lipinski definition) is 1. The largest absolute Gasteiger partial charge is 0.460 e. The summed E-state index contributed by atoms with van der Waals surface area (Å²) in [6.07, 6.45) is 0. The van der Waals surface area contributed by atoms with Crippen LogP contribution in [-0.2, 0) is 16.1 Å². The highest BCUT2D eigenvalue weighted by Crippen LogP contribution is 2.27. The van der Waals surface area contributed by atoms with E-state index in [1.54, 1.807) is 6.92 Å². The van der Waals surface area contributed by atoms with E-state index in [9.17, 15) is 9.59 Å². The minimum atomic E-state index is -0.485. The van der Waals surface area contributed by atoms with Crippen LogP contribution in [0.5, 0.6) is 0 Å². The third-order valence-electron chi connectivity index (χ3n) is 3.52. The van der Waals surface area contributed by atoms with Crippen LogP contribution in [0.2, 0.25) is 0 Å². The SMILES string of the molecule is CCOC(=O)c1oc2ccccc2c1CN(C)CC(=O)NC(C)(C)C. The van der Waals surface area contributed by atoms with Crippen molar-refractivity contribution in [1.29, 1.82) is 0 Å². The molecule has 2 aromatic rings. The monoisotopic (exact) mass is 346 g/mol. The average molecular weight is 346 g/mol. The lowest BCUT2D eigenvalue weighted by Gasteiger charge is -2.23. The van der Waals surface area contributed by atoms with Crippen molar-refractivity contribution in [3.05, 3.63) is 35.6 Å². The number of fused-ring (bicyclic) bond motifs is 1. The number of carbonyl (C=O) groups is 2. The normalized spacial score (nSPS) is 11.8. The lowest BCUT2D eigenvalue weighted by Crippen LogP contribution is -2.45. The van der Waals surface area contributed by atoms with Gasteiger partial charge in [0.25, 0.3) is 0 Å². The first-order valence-electron chi connectivity index (χ1n) is 8.38. The molecule has 0 saturated carbocycles. The molecule has 1 amide bonds. The van der Waals surface area contributed by atoms with Gasteiger partial charge in [-0.05, 0) is 40.8 Å². The molecule has 1 aromatic heterocycles. The van der Waals surface area contributed by atoms with Crippen LogP contribution in [0.1, 0.15) is 43.8 Å². The van der Waals surface area contributed by atoms with Gasteiger partial charge in [-0.2, -0.15) is 0 Å². The zero-order valence-corrected chi connectivity index (χ0v) is 15.5. The Hall–Kier alpha value is -2.34. The summed E-state index contributed by atoms with van der Waals surface area (Å²) in [7, 11) is 1.83. The highest BCUT2D eigenvalue weighted by atomic mass is 16.5. The minimum Gasteiger partial charge on any atom is -0.460 e. The van der Waals surface area contributed by atoms with E-state index in [1.807, 2.05) is 57.0 Å². The second kappa shape index (κ2) is 7.70. The number of nitrogens with zero attached hydrogens (tertiary/aromatic N) is 1. The van der Waals surface area contributed by atoms with E-state index in [2.05, 4.69) is 5.32 Å². The molecule has 6 heteroatoms. The van der Waals surface area contributed by atoms with Gasteiger partial charge in [-0.25, -0.2) is 4.79 Å². The molecule has 2 rings (SSSR count). The van der Waals surface area contributed by atoms with Crippen LogP contribution in [0.4, 0.5) is 0 Å². The number of carbonyl (C=O) groups excluding carboxylic acids is 2. The fourth-order valence-electron chi connectivity index (χ4n) is 2.65. The van der Waals surface area contributed by atoms with Crippen molar-refractivity contribution in [1.82, 2.24) is 10.2 Å². The van der Waals surface area contributed by atoms with Gasteiger partial charge in [-0.3, -0.25) is 9.69 Å². The summed E-state index contributed by atoms with van der Waals surface area (Å²) in [5, 5.41) is 3.78. The molecule has 0 radical (unpaired) electrons. The van der Waals surface area contributed by atoms with E-state index in [4.69, 9.17) is 9.15 Å². The fourth-order valence-corrected chi connectivity index (χ4v) is 2.65. The van der Waals surface area contributed by atoms with Gasteiger partial charge >= 0.3 is 5.97 Å². The first kappa shape index (κ1) is 19.0. The van der Waals surface area contributed by atoms with Crippen LogP contribution in [0, 0.1) is 0 Å². The number of furan rings is 1. The van der Waals surface area contributed by atoms with E-state index in [-0.39, 0.29) is 30.4 Å². The molecular weight excluding hydrogens is 320 g/mol. The van der Waals surface area contributed by atoms with Crippen LogP contribution in [0.25, 0.3) is 11.0 Å². The van der Waals surface area contributed by atoms with Crippen molar-refractivity contribution in [3.8, 4) is 0 Å². The molecule has 0 unspecified atom stereocenters. The molecule has 0 saturated heterocycles. The maximum absolute atomic E-state index is 12.2. The number of likely N-dealkylation sites (N-methyl/N-ethyl adjacent to an activating group) is 1. The van der Waals surface area contributed by atoms with E-state index in [0.29, 0.717) is 12.1 Å². The van der Waals surface area contributed by atoms with E-state index in [0.717, 1.165) is 10.9 Å². The van der Waals surface area contributed by atoms with Gasteiger partial charge in [0.05, 0.1) is 13.2 Å². The Balaban J connectivity index is 2.22. The van der Waals surface area contributed by atoms with Crippen molar-refractivity contribution in [2.24, 2.45) is 0 Å². The molecule has 1 N–H and O–H groups in total. The number of benzene rings is 1. The van der Waals surface area contributed by atoms with E-state index >= 15 is 0 Å². The van der Waals surface area contributed by atoms with Crippen molar-refractivity contribution in [3.63, 3.8) is 0 Å². The van der Waals surface area contributed by atoms with E-state index < -0.39 is 5.97 Å². The van der Waals surface area contributed by atoms with Crippen molar-refractivity contribution in [2.45, 2.75) is 39.8 Å². The van der Waals surface area contributed by atoms with Crippen LogP contribution in [0.3, 0.4) is 0 Å². The lowest BCUT2D eigenvalue weighted by atomic mass is 10.1. The Kier molecular flexibility index (Phi) is 5.85. The van der Waals surface area contributed by atoms with Gasteiger partial charge in [0, 0.05) is 23.0 Å². The topological polar surface area (TPSA) is 71.8 Å². The van der Waals surface area contributed by atoms with Gasteiger partial charge in [-0.1, -0.05) is 18.2 Å². The Bertz CT molecular complexity index is 758. The number of para-hydroxylation sites is 1. The molecule has 25 heavy (non-hydrogen) atoms. The highest BCUT2D eigenvalue weighted by molar-refractivity contribution is 5.96. The summed E-state index contributed by atoms with van der Waals surface area (Å²) in [6.45, 7) is 8.47. The zero-order chi connectivity index (χ0) is 18.6. The molecule has 0 bridgehead atoms. The number of ether oxygens (including phenoxy) is 1. The number of hydrogen-bond acceptors (Lipinski definition) is 5. The van der Waals surface area contributed by atoms with Gasteiger partial charge in [0.2, 0.25) is 11.7 Å². The maximum atomic E-state index is 12.2. The zero-order valence-electron chi connectivity index (χ0n) is 15.5. The predicted molar refractivity (Wildman–Crippen MR) is 96.4 cm³/mol. The van der Waals surface area contributed by atoms with Crippen molar-refractivity contribution < 1.29 is 18.7 Å². The molecule has 0 aliphatic rings. The molecular formula is C19H26N2O4. The van der Waals surface area contributed by atoms with Crippen LogP contribution >= 0.6 is 0 Å². The maximum Gasteiger partial charge on any atom is 0.374 e. The molecule has 1 heterocycles. The summed E-state index contributed by atoms with van der Waals surface area (Å²) in [5.74, 6) is -0.354. The van der Waals surface area contributed by atoms with Crippen LogP contribution in [0.15, 0.2) is 28.7 Å². The second-order valence-corrected chi connectivity index (χ2v) is 7.10. The molecule has 136 valence electrons. The summed E-state index contributed by atoms with van der Waals surface area (Å²) >= 11 is 0. The lowest BCUT2D eigenvalue weighted by molar-refractivity contribution is -0.123. The third-order valence-corrected chi connectivity index (χ3v) is 3.52. The standard InChI is InChI=1S/C19H26N2O4/c1-6-24-18(23)17-14(13-9-7-8-10-15(13)25-17)11-21(5)12-16(22)20-19(2,3)4/h7-10H,6,11-12H2,1-5H3,(H,20,22). The van der Waals surface area contributed by atoms with E-state index in [1.165, 1.54) is 0 Å². The van der Waals surface area contributed by atoms with Gasteiger partial charge in [0.15, 0.2) is 0 Å². The van der Waals surface area contributed by atoms with Gasteiger partial charge in [-0.15, -0.1) is 0 Å².